The third-order valence-corrected chi connectivity index (χ3v) is 1.62. The highest BCUT2D eigenvalue weighted by Crippen LogP contribution is 1.98. The van der Waals surface area contributed by atoms with Gasteiger partial charge in [-0.3, -0.25) is 0 Å². The molecule has 0 atom stereocenters. The molecule has 0 fully saturated rings. The Kier molecular flexibility index (Phi) is 2.15. The Balaban J connectivity index is 3.34. The summed E-state index contributed by atoms with van der Waals surface area (Å²) in [5, 5.41) is 2.82. The molecule has 0 aromatic carbocycles. The fourth-order valence-electron chi connectivity index (χ4n) is 0.194. The van der Waals surface area contributed by atoms with Crippen LogP contribution in [0.25, 0.3) is 0 Å². The number of rotatable bonds is 2. The van der Waals surface area contributed by atoms with Crippen LogP contribution in [-0.2, 0) is 0 Å². The maximum absolute atomic E-state index is 9.61. The van der Waals surface area contributed by atoms with E-state index in [2.05, 4.69) is 24.8 Å². The third-order valence-electron chi connectivity index (χ3n) is 0.539. The van der Waals surface area contributed by atoms with Gasteiger partial charge in [-0.05, 0) is 0 Å². The molecular weight excluding hydrogens is 106 g/mol. The molecule has 0 aliphatic carbocycles. The molecule has 7 heavy (non-hydrogen) atoms. The van der Waals surface area contributed by atoms with Gasteiger partial charge in [0.1, 0.15) is 0 Å². The first-order valence-electron chi connectivity index (χ1n) is 2.35. The Morgan fingerprint density at radius 1 is 1.43 bits per heavy atom. The van der Waals surface area contributed by atoms with Gasteiger partial charge in [0.2, 0.25) is 0 Å². The minimum Gasteiger partial charge on any atom is -0.151 e. The fraction of sp³-hybridized carbons (Fsp3) is 1.00. The zero-order valence-corrected chi connectivity index (χ0v) is 6.06. The van der Waals surface area contributed by atoms with Gasteiger partial charge in [0.05, 0.1) is 14.2 Å². The first-order valence-corrected chi connectivity index (χ1v) is 6.06. The van der Waals surface area contributed by atoms with Crippen LogP contribution in [-0.4, -0.2) is 14.2 Å². The molecule has 0 amide bonds. The summed E-state index contributed by atoms with van der Waals surface area (Å²) in [6.07, 6.45) is 0.549. The summed E-state index contributed by atoms with van der Waals surface area (Å²) >= 11 is 0. The van der Waals surface area contributed by atoms with Crippen LogP contribution in [0.5, 0.6) is 0 Å². The zero-order valence-electron chi connectivity index (χ0n) is 5.06. The Bertz CT molecular complexity index is 66.6. The van der Waals surface area contributed by atoms with Gasteiger partial charge >= 0.3 is 0 Å². The van der Waals surface area contributed by atoms with E-state index in [4.69, 9.17) is 0 Å². The summed E-state index contributed by atoms with van der Waals surface area (Å²) in [6, 6.07) is 0. The van der Waals surface area contributed by atoms with Crippen molar-refractivity contribution < 1.29 is 0 Å². The van der Waals surface area contributed by atoms with E-state index >= 15 is 0 Å². The summed E-state index contributed by atoms with van der Waals surface area (Å²) in [5.41, 5.74) is 0. The SMILES string of the molecule is C[Si](C)(C)CN=O. The Labute approximate surface area is 44.9 Å². The maximum Gasteiger partial charge on any atom is 0.0738 e. The lowest BCUT2D eigenvalue weighted by atomic mass is 11.5. The van der Waals surface area contributed by atoms with Crippen LogP contribution in [0, 0.1) is 4.91 Å². The molecule has 0 aromatic rings. The van der Waals surface area contributed by atoms with Crippen molar-refractivity contribution in [2.45, 2.75) is 19.6 Å². The third kappa shape index (κ3) is 5.82. The lowest BCUT2D eigenvalue weighted by Gasteiger charge is -2.07. The normalized spacial score (nSPS) is 11.3. The molecular formula is C4H11NOSi. The molecule has 0 bridgehead atoms. The van der Waals surface area contributed by atoms with Gasteiger partial charge in [0.15, 0.2) is 0 Å². The second-order valence-electron chi connectivity index (χ2n) is 2.85. The standard InChI is InChI=1S/C4H11NOSi/c1-7(2,3)4-5-6/h4H2,1-3H3. The van der Waals surface area contributed by atoms with Crippen molar-refractivity contribution >= 4 is 8.07 Å². The van der Waals surface area contributed by atoms with E-state index in [-0.39, 0.29) is 0 Å². The molecule has 0 radical (unpaired) electrons. The van der Waals surface area contributed by atoms with Crippen molar-refractivity contribution in [3.63, 3.8) is 0 Å². The van der Waals surface area contributed by atoms with E-state index in [1.807, 2.05) is 0 Å². The first kappa shape index (κ1) is 6.82. The minimum atomic E-state index is -1.14. The molecule has 0 spiro atoms. The number of hydrogen-bond donors (Lipinski definition) is 0. The number of nitrogens with zero attached hydrogens (tertiary/aromatic N) is 1. The lowest BCUT2D eigenvalue weighted by Crippen LogP contribution is -2.24. The number of hydrogen-bond acceptors (Lipinski definition) is 2. The molecule has 0 rings (SSSR count). The topological polar surface area (TPSA) is 29.4 Å². The molecule has 3 heteroatoms. The van der Waals surface area contributed by atoms with Crippen LogP contribution >= 0.6 is 0 Å². The summed E-state index contributed by atoms with van der Waals surface area (Å²) in [7, 11) is -1.14. The van der Waals surface area contributed by atoms with Gasteiger partial charge in [-0.2, -0.15) is 4.91 Å². The highest BCUT2D eigenvalue weighted by Gasteiger charge is 2.11. The zero-order chi connectivity index (χ0) is 5.91. The lowest BCUT2D eigenvalue weighted by molar-refractivity contribution is 1.26. The monoisotopic (exact) mass is 117 g/mol. The predicted octanol–water partition coefficient (Wildman–Crippen LogP) is 1.63. The van der Waals surface area contributed by atoms with E-state index in [9.17, 15) is 4.91 Å². The molecule has 0 N–H and O–H groups in total. The molecule has 0 aliphatic heterocycles. The molecule has 0 aliphatic rings. The van der Waals surface area contributed by atoms with E-state index < -0.39 is 8.07 Å². The van der Waals surface area contributed by atoms with Gasteiger partial charge in [0.25, 0.3) is 0 Å². The fourth-order valence-corrected chi connectivity index (χ4v) is 0.581. The van der Waals surface area contributed by atoms with Gasteiger partial charge < -0.3 is 0 Å². The van der Waals surface area contributed by atoms with Crippen LogP contribution in [0.4, 0.5) is 0 Å². The van der Waals surface area contributed by atoms with Crippen molar-refractivity contribution in [1.29, 1.82) is 0 Å². The molecule has 0 saturated carbocycles. The first-order chi connectivity index (χ1) is 3.06. The van der Waals surface area contributed by atoms with Crippen molar-refractivity contribution in [2.75, 3.05) is 6.17 Å². The second kappa shape index (κ2) is 2.21. The molecule has 0 saturated heterocycles. The maximum atomic E-state index is 9.61. The van der Waals surface area contributed by atoms with Crippen LogP contribution in [0.1, 0.15) is 0 Å². The Hall–Kier alpha value is -0.183. The summed E-state index contributed by atoms with van der Waals surface area (Å²) < 4.78 is 0. The van der Waals surface area contributed by atoms with Crippen LogP contribution in [0.3, 0.4) is 0 Å². The van der Waals surface area contributed by atoms with Crippen molar-refractivity contribution in [3.05, 3.63) is 4.91 Å². The summed E-state index contributed by atoms with van der Waals surface area (Å²) in [4.78, 5) is 9.61. The van der Waals surface area contributed by atoms with Gasteiger partial charge in [-0.25, -0.2) is 0 Å². The van der Waals surface area contributed by atoms with Crippen LogP contribution in [0.2, 0.25) is 19.6 Å². The predicted molar refractivity (Wildman–Crippen MR) is 34.0 cm³/mol. The average molecular weight is 117 g/mol. The van der Waals surface area contributed by atoms with E-state index in [1.165, 1.54) is 0 Å². The quantitative estimate of drug-likeness (QED) is 0.399. The molecule has 2 nitrogen and oxygen atoms in total. The van der Waals surface area contributed by atoms with E-state index in [0.29, 0.717) is 6.17 Å². The van der Waals surface area contributed by atoms with E-state index in [1.54, 1.807) is 0 Å². The molecule has 0 aromatic heterocycles. The highest BCUT2D eigenvalue weighted by molar-refractivity contribution is 6.76. The Morgan fingerprint density at radius 3 is 1.86 bits per heavy atom. The summed E-state index contributed by atoms with van der Waals surface area (Å²) in [6.45, 7) is 6.36. The molecule has 42 valence electrons. The van der Waals surface area contributed by atoms with E-state index in [0.717, 1.165) is 0 Å². The number of nitroso groups, excluding NO2 is 1. The highest BCUT2D eigenvalue weighted by atomic mass is 28.3. The van der Waals surface area contributed by atoms with Crippen LogP contribution < -0.4 is 0 Å². The van der Waals surface area contributed by atoms with Crippen LogP contribution in [0.15, 0.2) is 5.18 Å². The largest absolute Gasteiger partial charge is 0.151 e. The second-order valence-corrected chi connectivity index (χ2v) is 8.29. The summed E-state index contributed by atoms with van der Waals surface area (Å²) in [5.74, 6) is 0. The molecule has 0 heterocycles. The van der Waals surface area contributed by atoms with Crippen molar-refractivity contribution in [3.8, 4) is 0 Å². The average Bonchev–Trinajstić information content (AvgIpc) is 1.30. The van der Waals surface area contributed by atoms with Gasteiger partial charge in [-0.1, -0.05) is 24.8 Å². The molecule has 0 unspecified atom stereocenters. The smallest absolute Gasteiger partial charge is 0.0738 e. The van der Waals surface area contributed by atoms with Gasteiger partial charge in [-0.15, -0.1) is 0 Å². The van der Waals surface area contributed by atoms with Gasteiger partial charge in [0, 0.05) is 0 Å². The minimum absolute atomic E-state index is 0.549. The van der Waals surface area contributed by atoms with Crippen molar-refractivity contribution in [2.24, 2.45) is 5.18 Å². The Morgan fingerprint density at radius 2 is 1.86 bits per heavy atom. The van der Waals surface area contributed by atoms with Crippen molar-refractivity contribution in [1.82, 2.24) is 0 Å².